The molecule has 0 aliphatic carbocycles. The van der Waals surface area contributed by atoms with Crippen molar-refractivity contribution in [2.45, 2.75) is 53.4 Å². The standard InChI is InChI=1S/C23H34N4OS/c1-18(17-23(2,3)4)15-21(28)26-11-8-12-27(14-13-26)22-24-20(25-29-22)16-19-9-6-5-7-10-19/h5-7,9-10,18H,8,11-17H2,1-4H3/t18-/m1/s1. The molecule has 1 amide bonds. The molecule has 0 unspecified atom stereocenters. The fraction of sp³-hybridized carbons (Fsp3) is 0.609. The van der Waals surface area contributed by atoms with Gasteiger partial charge in [0.2, 0.25) is 11.0 Å². The summed E-state index contributed by atoms with van der Waals surface area (Å²) in [4.78, 5) is 21.9. The summed E-state index contributed by atoms with van der Waals surface area (Å²) in [6.45, 7) is 12.3. The van der Waals surface area contributed by atoms with E-state index in [1.807, 2.05) is 23.1 Å². The van der Waals surface area contributed by atoms with Crippen LogP contribution in [0.1, 0.15) is 58.3 Å². The number of aromatic nitrogens is 2. The van der Waals surface area contributed by atoms with Crippen molar-refractivity contribution in [2.75, 3.05) is 31.1 Å². The highest BCUT2D eigenvalue weighted by atomic mass is 32.1. The second kappa shape index (κ2) is 9.70. The maximum Gasteiger partial charge on any atom is 0.222 e. The van der Waals surface area contributed by atoms with Gasteiger partial charge in [0, 0.05) is 50.6 Å². The third-order valence-electron chi connectivity index (χ3n) is 5.27. The minimum Gasteiger partial charge on any atom is -0.345 e. The Morgan fingerprint density at radius 3 is 2.62 bits per heavy atom. The highest BCUT2D eigenvalue weighted by molar-refractivity contribution is 7.09. The lowest BCUT2D eigenvalue weighted by atomic mass is 9.84. The third-order valence-corrected chi connectivity index (χ3v) is 6.08. The molecule has 1 aliphatic heterocycles. The Kier molecular flexibility index (Phi) is 7.28. The van der Waals surface area contributed by atoms with Gasteiger partial charge < -0.3 is 9.80 Å². The number of carbonyl (C=O) groups is 1. The van der Waals surface area contributed by atoms with Crippen LogP contribution < -0.4 is 4.90 Å². The van der Waals surface area contributed by atoms with Gasteiger partial charge in [-0.3, -0.25) is 4.79 Å². The highest BCUT2D eigenvalue weighted by Gasteiger charge is 2.24. The van der Waals surface area contributed by atoms with Crippen LogP contribution in [0.2, 0.25) is 0 Å². The largest absolute Gasteiger partial charge is 0.345 e. The quantitative estimate of drug-likeness (QED) is 0.691. The molecule has 1 aromatic carbocycles. The van der Waals surface area contributed by atoms with E-state index in [-0.39, 0.29) is 5.41 Å². The molecule has 2 aromatic rings. The van der Waals surface area contributed by atoms with Gasteiger partial charge in [-0.05, 0) is 29.7 Å². The van der Waals surface area contributed by atoms with E-state index in [1.54, 1.807) is 0 Å². The van der Waals surface area contributed by atoms with Crippen molar-refractivity contribution in [1.29, 1.82) is 0 Å². The second-order valence-corrected chi connectivity index (χ2v) is 10.2. The minimum atomic E-state index is 0.268. The Labute approximate surface area is 179 Å². The summed E-state index contributed by atoms with van der Waals surface area (Å²) in [6, 6.07) is 10.3. The fourth-order valence-electron chi connectivity index (χ4n) is 4.13. The zero-order valence-corrected chi connectivity index (χ0v) is 19.0. The maximum atomic E-state index is 12.8. The summed E-state index contributed by atoms with van der Waals surface area (Å²) in [5.41, 5.74) is 1.50. The van der Waals surface area contributed by atoms with Crippen LogP contribution in [0.15, 0.2) is 30.3 Å². The molecule has 1 saturated heterocycles. The van der Waals surface area contributed by atoms with Gasteiger partial charge in [-0.25, -0.2) is 4.98 Å². The molecule has 3 rings (SSSR count). The molecule has 1 atom stereocenters. The molecule has 0 spiro atoms. The average molecular weight is 415 g/mol. The van der Waals surface area contributed by atoms with E-state index >= 15 is 0 Å². The SMILES string of the molecule is C[C@H](CC(=O)N1CCCN(c2nc(Cc3ccccc3)ns2)CC1)CC(C)(C)C. The maximum absolute atomic E-state index is 12.8. The first-order valence-electron chi connectivity index (χ1n) is 10.7. The molecular formula is C23H34N4OS. The topological polar surface area (TPSA) is 49.3 Å². The van der Waals surface area contributed by atoms with Gasteiger partial charge in [-0.1, -0.05) is 58.0 Å². The number of anilines is 1. The lowest BCUT2D eigenvalue weighted by molar-refractivity contribution is -0.132. The van der Waals surface area contributed by atoms with Crippen LogP contribution in [-0.2, 0) is 11.2 Å². The number of hydrogen-bond donors (Lipinski definition) is 0. The van der Waals surface area contributed by atoms with Crippen molar-refractivity contribution in [2.24, 2.45) is 11.3 Å². The van der Waals surface area contributed by atoms with Crippen molar-refractivity contribution in [1.82, 2.24) is 14.3 Å². The molecule has 6 heteroatoms. The number of carbonyl (C=O) groups excluding carboxylic acids is 1. The molecule has 0 N–H and O–H groups in total. The predicted octanol–water partition coefficient (Wildman–Crippen LogP) is 4.63. The first-order chi connectivity index (χ1) is 13.8. The third kappa shape index (κ3) is 6.81. The van der Waals surface area contributed by atoms with E-state index in [2.05, 4.69) is 49.1 Å². The number of benzene rings is 1. The first kappa shape index (κ1) is 21.8. The van der Waals surface area contributed by atoms with Crippen LogP contribution >= 0.6 is 11.5 Å². The fourth-order valence-corrected chi connectivity index (χ4v) is 4.86. The normalized spacial score (nSPS) is 16.6. The molecule has 158 valence electrons. The Hall–Kier alpha value is -1.95. The molecule has 0 bridgehead atoms. The summed E-state index contributed by atoms with van der Waals surface area (Å²) in [5.74, 6) is 1.60. The summed E-state index contributed by atoms with van der Waals surface area (Å²) in [5, 5.41) is 0.978. The van der Waals surface area contributed by atoms with E-state index in [9.17, 15) is 4.79 Å². The molecule has 1 fully saturated rings. The van der Waals surface area contributed by atoms with Crippen LogP contribution in [0.4, 0.5) is 5.13 Å². The van der Waals surface area contributed by atoms with Crippen molar-refractivity contribution in [3.8, 4) is 0 Å². The molecule has 1 aliphatic rings. The number of amides is 1. The zero-order valence-electron chi connectivity index (χ0n) is 18.2. The molecule has 1 aromatic heterocycles. The Balaban J connectivity index is 1.53. The lowest BCUT2D eigenvalue weighted by Gasteiger charge is -2.26. The van der Waals surface area contributed by atoms with E-state index in [1.165, 1.54) is 17.1 Å². The van der Waals surface area contributed by atoms with Gasteiger partial charge in [0.25, 0.3) is 0 Å². The van der Waals surface area contributed by atoms with Crippen molar-refractivity contribution in [3.05, 3.63) is 41.7 Å². The van der Waals surface area contributed by atoms with Crippen LogP contribution in [0.25, 0.3) is 0 Å². The van der Waals surface area contributed by atoms with Crippen LogP contribution in [0, 0.1) is 11.3 Å². The van der Waals surface area contributed by atoms with Crippen LogP contribution in [-0.4, -0.2) is 46.3 Å². The number of nitrogens with zero attached hydrogens (tertiary/aromatic N) is 4. The highest BCUT2D eigenvalue weighted by Crippen LogP contribution is 2.27. The van der Waals surface area contributed by atoms with Gasteiger partial charge in [0.15, 0.2) is 0 Å². The Morgan fingerprint density at radius 1 is 1.14 bits per heavy atom. The summed E-state index contributed by atoms with van der Waals surface area (Å²) in [7, 11) is 0. The van der Waals surface area contributed by atoms with Gasteiger partial charge in [-0.15, -0.1) is 0 Å². The monoisotopic (exact) mass is 414 g/mol. The molecular weight excluding hydrogens is 380 g/mol. The molecule has 29 heavy (non-hydrogen) atoms. The second-order valence-electron chi connectivity index (χ2n) is 9.45. The van der Waals surface area contributed by atoms with Crippen LogP contribution in [0.3, 0.4) is 0 Å². The first-order valence-corrected chi connectivity index (χ1v) is 11.5. The van der Waals surface area contributed by atoms with E-state index in [4.69, 9.17) is 4.98 Å². The van der Waals surface area contributed by atoms with Gasteiger partial charge in [0.1, 0.15) is 5.82 Å². The van der Waals surface area contributed by atoms with Crippen molar-refractivity contribution < 1.29 is 4.79 Å². The Bertz CT molecular complexity index is 784. The predicted molar refractivity (Wildman–Crippen MR) is 120 cm³/mol. The van der Waals surface area contributed by atoms with Crippen molar-refractivity contribution >= 4 is 22.6 Å². The van der Waals surface area contributed by atoms with E-state index in [0.717, 1.165) is 56.4 Å². The van der Waals surface area contributed by atoms with Gasteiger partial charge >= 0.3 is 0 Å². The molecule has 0 saturated carbocycles. The molecule has 0 radical (unpaired) electrons. The van der Waals surface area contributed by atoms with E-state index in [0.29, 0.717) is 18.2 Å². The zero-order chi connectivity index (χ0) is 20.9. The Morgan fingerprint density at radius 2 is 1.90 bits per heavy atom. The summed E-state index contributed by atoms with van der Waals surface area (Å²) < 4.78 is 4.55. The average Bonchev–Trinajstić information content (AvgIpc) is 2.96. The van der Waals surface area contributed by atoms with E-state index < -0.39 is 0 Å². The minimum absolute atomic E-state index is 0.268. The van der Waals surface area contributed by atoms with Gasteiger partial charge in [-0.2, -0.15) is 4.37 Å². The summed E-state index contributed by atoms with van der Waals surface area (Å²) in [6.07, 6.45) is 3.47. The van der Waals surface area contributed by atoms with Crippen molar-refractivity contribution in [3.63, 3.8) is 0 Å². The number of hydrogen-bond acceptors (Lipinski definition) is 5. The smallest absolute Gasteiger partial charge is 0.222 e. The van der Waals surface area contributed by atoms with Crippen LogP contribution in [0.5, 0.6) is 0 Å². The molecule has 2 heterocycles. The summed E-state index contributed by atoms with van der Waals surface area (Å²) >= 11 is 1.47. The van der Waals surface area contributed by atoms with Gasteiger partial charge in [0.05, 0.1) is 0 Å². The molecule has 5 nitrogen and oxygen atoms in total. The lowest BCUT2D eigenvalue weighted by Crippen LogP contribution is -2.36. The number of rotatable bonds is 6.